The van der Waals surface area contributed by atoms with E-state index in [2.05, 4.69) is 33.1 Å². The number of hydrogen-bond donors (Lipinski definition) is 2. The van der Waals surface area contributed by atoms with Gasteiger partial charge >= 0.3 is 0 Å². The van der Waals surface area contributed by atoms with Crippen LogP contribution in [0.15, 0.2) is 0 Å². The lowest BCUT2D eigenvalue weighted by molar-refractivity contribution is 0.0861. The zero-order chi connectivity index (χ0) is 14.3. The summed E-state index contributed by atoms with van der Waals surface area (Å²) in [5, 5.41) is 0. The largest absolute Gasteiger partial charge is 0.271 e. The van der Waals surface area contributed by atoms with Crippen molar-refractivity contribution in [2.45, 2.75) is 91.5 Å². The minimum atomic E-state index is 0.457. The van der Waals surface area contributed by atoms with Gasteiger partial charge in [-0.2, -0.15) is 0 Å². The third-order valence-corrected chi connectivity index (χ3v) is 5.42. The lowest BCUT2D eigenvalue weighted by atomic mass is 9.64. The van der Waals surface area contributed by atoms with E-state index in [-0.39, 0.29) is 0 Å². The van der Waals surface area contributed by atoms with Crippen molar-refractivity contribution in [1.29, 1.82) is 0 Å². The fraction of sp³-hybridized carbons (Fsp3) is 1.00. The van der Waals surface area contributed by atoms with Crippen molar-refractivity contribution in [3.8, 4) is 0 Å². The third-order valence-electron chi connectivity index (χ3n) is 5.42. The van der Waals surface area contributed by atoms with Gasteiger partial charge in [0.05, 0.1) is 0 Å². The van der Waals surface area contributed by atoms with E-state index < -0.39 is 0 Å². The molecule has 3 N–H and O–H groups in total. The molecule has 0 aromatic rings. The van der Waals surface area contributed by atoms with Gasteiger partial charge < -0.3 is 0 Å². The van der Waals surface area contributed by atoms with E-state index >= 15 is 0 Å². The maximum absolute atomic E-state index is 5.91. The van der Waals surface area contributed by atoms with Crippen molar-refractivity contribution in [3.63, 3.8) is 0 Å². The van der Waals surface area contributed by atoms with Gasteiger partial charge in [-0.3, -0.25) is 11.3 Å². The molecule has 0 spiro atoms. The summed E-state index contributed by atoms with van der Waals surface area (Å²) in [6.07, 6.45) is 12.1. The first-order chi connectivity index (χ1) is 9.05. The molecule has 0 radical (unpaired) electrons. The highest BCUT2D eigenvalue weighted by Gasteiger charge is 2.37. The van der Waals surface area contributed by atoms with Crippen molar-refractivity contribution in [1.82, 2.24) is 5.43 Å². The molecule has 0 aliphatic heterocycles. The summed E-state index contributed by atoms with van der Waals surface area (Å²) in [5.41, 5.74) is 3.63. The van der Waals surface area contributed by atoms with E-state index in [1.165, 1.54) is 57.8 Å². The highest BCUT2D eigenvalue weighted by Crippen LogP contribution is 2.43. The average Bonchev–Trinajstić information content (AvgIpc) is 2.40. The molecule has 0 aromatic carbocycles. The van der Waals surface area contributed by atoms with Crippen LogP contribution in [0.25, 0.3) is 0 Å². The van der Waals surface area contributed by atoms with Crippen molar-refractivity contribution in [3.05, 3.63) is 0 Å². The molecular formula is C17H36N2. The molecule has 3 unspecified atom stereocenters. The molecule has 1 aliphatic carbocycles. The number of unbranched alkanes of at least 4 members (excludes halogenated alkanes) is 1. The molecule has 114 valence electrons. The first-order valence-corrected chi connectivity index (χ1v) is 8.51. The lowest BCUT2D eigenvalue weighted by Gasteiger charge is -2.44. The maximum atomic E-state index is 5.91. The van der Waals surface area contributed by atoms with Crippen molar-refractivity contribution in [2.75, 3.05) is 0 Å². The van der Waals surface area contributed by atoms with Gasteiger partial charge in [-0.15, -0.1) is 0 Å². The Kier molecular flexibility index (Phi) is 7.38. The number of rotatable bonds is 8. The highest BCUT2D eigenvalue weighted by atomic mass is 15.2. The SMILES string of the molecule is CCCCC(CC)CC(NN)C1CCCCC1(C)C. The molecule has 1 rings (SSSR count). The summed E-state index contributed by atoms with van der Waals surface area (Å²) in [5.74, 6) is 7.50. The summed E-state index contributed by atoms with van der Waals surface area (Å²) in [7, 11) is 0. The number of hydrazine groups is 1. The lowest BCUT2D eigenvalue weighted by Crippen LogP contribution is -2.48. The second-order valence-corrected chi connectivity index (χ2v) is 7.27. The van der Waals surface area contributed by atoms with E-state index in [1.807, 2.05) is 0 Å². The highest BCUT2D eigenvalue weighted by molar-refractivity contribution is 4.90. The van der Waals surface area contributed by atoms with E-state index in [0.29, 0.717) is 11.5 Å². The molecule has 2 heteroatoms. The van der Waals surface area contributed by atoms with Gasteiger partial charge in [0, 0.05) is 6.04 Å². The monoisotopic (exact) mass is 268 g/mol. The molecule has 0 amide bonds. The summed E-state index contributed by atoms with van der Waals surface area (Å²) in [6.45, 7) is 9.50. The quantitative estimate of drug-likeness (QED) is 0.497. The zero-order valence-corrected chi connectivity index (χ0v) is 13.7. The topological polar surface area (TPSA) is 38.0 Å². The van der Waals surface area contributed by atoms with Crippen LogP contribution in [0.3, 0.4) is 0 Å². The van der Waals surface area contributed by atoms with Gasteiger partial charge in [-0.05, 0) is 36.5 Å². The van der Waals surface area contributed by atoms with E-state index in [0.717, 1.165) is 11.8 Å². The molecular weight excluding hydrogens is 232 g/mol. The smallest absolute Gasteiger partial charge is 0.0246 e. The van der Waals surface area contributed by atoms with Gasteiger partial charge in [0.25, 0.3) is 0 Å². The van der Waals surface area contributed by atoms with Crippen molar-refractivity contribution in [2.24, 2.45) is 23.1 Å². The van der Waals surface area contributed by atoms with Crippen LogP contribution in [-0.4, -0.2) is 6.04 Å². The minimum absolute atomic E-state index is 0.457. The Bertz CT molecular complexity index is 237. The normalized spacial score (nSPS) is 26.1. The van der Waals surface area contributed by atoms with Gasteiger partial charge in [-0.25, -0.2) is 0 Å². The van der Waals surface area contributed by atoms with Crippen LogP contribution in [0.4, 0.5) is 0 Å². The van der Waals surface area contributed by atoms with E-state index in [9.17, 15) is 0 Å². The van der Waals surface area contributed by atoms with Crippen molar-refractivity contribution < 1.29 is 0 Å². The summed E-state index contributed by atoms with van der Waals surface area (Å²) in [4.78, 5) is 0. The number of hydrogen-bond acceptors (Lipinski definition) is 2. The van der Waals surface area contributed by atoms with Crippen LogP contribution in [0.5, 0.6) is 0 Å². The third kappa shape index (κ3) is 5.07. The van der Waals surface area contributed by atoms with Crippen LogP contribution in [-0.2, 0) is 0 Å². The standard InChI is InChI=1S/C17H36N2/c1-5-7-10-14(6-2)13-16(19-18)15-11-8-9-12-17(15,3)4/h14-16,19H,5-13,18H2,1-4H3. The molecule has 0 saturated heterocycles. The average molecular weight is 268 g/mol. The van der Waals surface area contributed by atoms with Crippen molar-refractivity contribution >= 4 is 0 Å². The van der Waals surface area contributed by atoms with Gasteiger partial charge in [-0.1, -0.05) is 66.2 Å². The Hall–Kier alpha value is -0.0800. The fourth-order valence-corrected chi connectivity index (χ4v) is 3.96. The Balaban J connectivity index is 2.59. The molecule has 1 fully saturated rings. The molecule has 0 heterocycles. The molecule has 1 aliphatic rings. The molecule has 0 bridgehead atoms. The Labute approximate surface area is 120 Å². The number of nitrogens with two attached hydrogens (primary N) is 1. The first-order valence-electron chi connectivity index (χ1n) is 8.51. The van der Waals surface area contributed by atoms with Crippen LogP contribution in [0.2, 0.25) is 0 Å². The summed E-state index contributed by atoms with van der Waals surface area (Å²) >= 11 is 0. The van der Waals surface area contributed by atoms with Crippen LogP contribution in [0, 0.1) is 17.3 Å². The van der Waals surface area contributed by atoms with Crippen LogP contribution < -0.4 is 11.3 Å². The summed E-state index contributed by atoms with van der Waals surface area (Å²) in [6, 6.07) is 0.511. The second-order valence-electron chi connectivity index (χ2n) is 7.27. The zero-order valence-electron chi connectivity index (χ0n) is 13.7. The van der Waals surface area contributed by atoms with Gasteiger partial charge in [0.15, 0.2) is 0 Å². The maximum Gasteiger partial charge on any atom is 0.0246 e. The molecule has 0 aromatic heterocycles. The minimum Gasteiger partial charge on any atom is -0.271 e. The molecule has 3 atom stereocenters. The van der Waals surface area contributed by atoms with E-state index in [4.69, 9.17) is 5.84 Å². The van der Waals surface area contributed by atoms with Crippen LogP contribution in [0.1, 0.15) is 85.5 Å². The van der Waals surface area contributed by atoms with E-state index in [1.54, 1.807) is 0 Å². The second kappa shape index (κ2) is 8.26. The molecule has 2 nitrogen and oxygen atoms in total. The molecule has 1 saturated carbocycles. The Morgan fingerprint density at radius 1 is 1.26 bits per heavy atom. The Morgan fingerprint density at radius 2 is 2.00 bits per heavy atom. The first kappa shape index (κ1) is 17.0. The Morgan fingerprint density at radius 3 is 2.53 bits per heavy atom. The fourth-order valence-electron chi connectivity index (χ4n) is 3.96. The predicted octanol–water partition coefficient (Wildman–Crippen LogP) is 4.64. The molecule has 19 heavy (non-hydrogen) atoms. The summed E-state index contributed by atoms with van der Waals surface area (Å²) < 4.78 is 0. The predicted molar refractivity (Wildman–Crippen MR) is 84.8 cm³/mol. The number of nitrogens with one attached hydrogen (secondary N) is 1. The van der Waals surface area contributed by atoms with Gasteiger partial charge in [0.1, 0.15) is 0 Å². The van der Waals surface area contributed by atoms with Crippen LogP contribution >= 0.6 is 0 Å². The van der Waals surface area contributed by atoms with Gasteiger partial charge in [0.2, 0.25) is 0 Å².